The number of fused-ring (bicyclic) bond motifs is 1. The summed E-state index contributed by atoms with van der Waals surface area (Å²) in [5.41, 5.74) is 6.31. The summed E-state index contributed by atoms with van der Waals surface area (Å²) in [5.74, 6) is -1.46. The minimum absolute atomic E-state index is 0.174. The molecule has 1 heterocycles. The fourth-order valence-corrected chi connectivity index (χ4v) is 1.66. The molecule has 5 heteroatoms. The Kier molecular flexibility index (Phi) is 2.24. The van der Waals surface area contributed by atoms with Crippen LogP contribution in [0.15, 0.2) is 12.3 Å². The van der Waals surface area contributed by atoms with Crippen LogP contribution in [0.4, 0.5) is 4.39 Å². The van der Waals surface area contributed by atoms with Gasteiger partial charge in [-0.1, -0.05) is 0 Å². The van der Waals surface area contributed by atoms with Gasteiger partial charge in [0, 0.05) is 17.6 Å². The highest BCUT2D eigenvalue weighted by Gasteiger charge is 2.15. The zero-order valence-corrected chi connectivity index (χ0v) is 7.92. The minimum atomic E-state index is -0.729. The summed E-state index contributed by atoms with van der Waals surface area (Å²) in [6, 6.07) is 0.973. The molecule has 0 saturated carbocycles. The molecule has 0 bridgehead atoms. The maximum atomic E-state index is 13.6. The number of H-pyrrole nitrogens is 1. The van der Waals surface area contributed by atoms with E-state index in [9.17, 15) is 14.6 Å². The van der Waals surface area contributed by atoms with Crippen LogP contribution in [0, 0.1) is 5.82 Å². The molecule has 2 aromatic rings. The van der Waals surface area contributed by atoms with E-state index in [1.54, 1.807) is 6.20 Å². The molecule has 0 atom stereocenters. The number of phenols is 2. The molecule has 0 saturated heterocycles. The van der Waals surface area contributed by atoms with Gasteiger partial charge < -0.3 is 20.9 Å². The summed E-state index contributed by atoms with van der Waals surface area (Å²) in [6.07, 6.45) is 2.07. The number of aromatic nitrogens is 1. The fraction of sp³-hybridized carbons (Fsp3) is 0.200. The number of aromatic hydroxyl groups is 2. The highest BCUT2D eigenvalue weighted by molar-refractivity contribution is 5.90. The number of phenolic OH excluding ortho intramolecular Hbond substituents is 2. The summed E-state index contributed by atoms with van der Waals surface area (Å²) in [6.45, 7) is 0.378. The van der Waals surface area contributed by atoms with Crippen LogP contribution >= 0.6 is 0 Å². The van der Waals surface area contributed by atoms with Crippen molar-refractivity contribution in [3.63, 3.8) is 0 Å². The molecule has 0 fully saturated rings. The van der Waals surface area contributed by atoms with E-state index in [2.05, 4.69) is 4.98 Å². The Balaban J connectivity index is 2.77. The molecule has 5 N–H and O–H groups in total. The summed E-state index contributed by atoms with van der Waals surface area (Å²) >= 11 is 0. The zero-order chi connectivity index (χ0) is 11.0. The van der Waals surface area contributed by atoms with Gasteiger partial charge in [0.15, 0.2) is 11.6 Å². The van der Waals surface area contributed by atoms with Gasteiger partial charge in [-0.2, -0.15) is 0 Å². The first-order chi connectivity index (χ1) is 7.15. The van der Waals surface area contributed by atoms with Gasteiger partial charge in [0.25, 0.3) is 0 Å². The van der Waals surface area contributed by atoms with E-state index in [4.69, 9.17) is 5.73 Å². The third-order valence-electron chi connectivity index (χ3n) is 2.35. The molecule has 0 unspecified atom stereocenters. The van der Waals surface area contributed by atoms with E-state index in [0.29, 0.717) is 18.5 Å². The average molecular weight is 210 g/mol. The van der Waals surface area contributed by atoms with Crippen molar-refractivity contribution in [3.8, 4) is 11.5 Å². The first-order valence-electron chi connectivity index (χ1n) is 4.55. The predicted molar refractivity (Wildman–Crippen MR) is 54.3 cm³/mol. The monoisotopic (exact) mass is 210 g/mol. The Labute approximate surface area is 85.1 Å². The molecule has 0 radical (unpaired) electrons. The molecule has 1 aromatic heterocycles. The third-order valence-corrected chi connectivity index (χ3v) is 2.35. The quantitative estimate of drug-likeness (QED) is 0.601. The van der Waals surface area contributed by atoms with Crippen LogP contribution in [0.2, 0.25) is 0 Å². The maximum absolute atomic E-state index is 13.6. The lowest BCUT2D eigenvalue weighted by Crippen LogP contribution is -2.02. The van der Waals surface area contributed by atoms with Gasteiger partial charge in [-0.3, -0.25) is 0 Å². The lowest BCUT2D eigenvalue weighted by atomic mass is 10.1. The number of nitrogens with one attached hydrogen (secondary N) is 1. The second-order valence-corrected chi connectivity index (χ2v) is 3.33. The molecule has 80 valence electrons. The van der Waals surface area contributed by atoms with Gasteiger partial charge in [-0.15, -0.1) is 0 Å². The van der Waals surface area contributed by atoms with Crippen molar-refractivity contribution < 1.29 is 14.6 Å². The van der Waals surface area contributed by atoms with E-state index in [1.807, 2.05) is 0 Å². The smallest absolute Gasteiger partial charge is 0.174 e. The molecule has 2 rings (SSSR count). The van der Waals surface area contributed by atoms with Crippen molar-refractivity contribution in [3.05, 3.63) is 23.6 Å². The standard InChI is InChI=1S/C10H11FN2O2/c11-9-6(14)3-7(15)10-8(9)5(1-2-12)4-13-10/h3-4,13-15H,1-2,12H2. The number of nitrogens with two attached hydrogens (primary N) is 1. The maximum Gasteiger partial charge on any atom is 0.174 e. The first kappa shape index (κ1) is 9.79. The molecule has 0 aliphatic heterocycles. The van der Waals surface area contributed by atoms with E-state index in [0.717, 1.165) is 6.07 Å². The largest absolute Gasteiger partial charge is 0.506 e. The van der Waals surface area contributed by atoms with E-state index < -0.39 is 11.6 Å². The van der Waals surface area contributed by atoms with Crippen LogP contribution in [0.1, 0.15) is 5.56 Å². The zero-order valence-electron chi connectivity index (χ0n) is 7.92. The number of aromatic amines is 1. The Morgan fingerprint density at radius 3 is 2.73 bits per heavy atom. The Bertz CT molecular complexity index is 508. The second-order valence-electron chi connectivity index (χ2n) is 3.33. The van der Waals surface area contributed by atoms with E-state index >= 15 is 0 Å². The van der Waals surface area contributed by atoms with Gasteiger partial charge in [-0.25, -0.2) is 4.39 Å². The van der Waals surface area contributed by atoms with Crippen molar-refractivity contribution in [2.45, 2.75) is 6.42 Å². The molecule has 15 heavy (non-hydrogen) atoms. The van der Waals surface area contributed by atoms with Crippen molar-refractivity contribution >= 4 is 10.9 Å². The number of benzene rings is 1. The normalized spacial score (nSPS) is 11.1. The highest BCUT2D eigenvalue weighted by atomic mass is 19.1. The Morgan fingerprint density at radius 2 is 2.07 bits per heavy atom. The number of halogens is 1. The van der Waals surface area contributed by atoms with Crippen LogP contribution in [-0.4, -0.2) is 21.7 Å². The SMILES string of the molecule is NCCc1c[nH]c2c(O)cc(O)c(F)c12. The molecule has 4 nitrogen and oxygen atoms in total. The number of rotatable bonds is 2. The van der Waals surface area contributed by atoms with Crippen molar-refractivity contribution in [2.24, 2.45) is 5.73 Å². The van der Waals surface area contributed by atoms with Crippen LogP contribution in [0.5, 0.6) is 11.5 Å². The Hall–Kier alpha value is -1.75. The van der Waals surface area contributed by atoms with Gasteiger partial charge in [-0.05, 0) is 18.5 Å². The van der Waals surface area contributed by atoms with Crippen molar-refractivity contribution in [2.75, 3.05) is 6.54 Å². The lowest BCUT2D eigenvalue weighted by molar-refractivity contribution is 0.425. The van der Waals surface area contributed by atoms with Crippen molar-refractivity contribution in [1.82, 2.24) is 4.98 Å². The summed E-state index contributed by atoms with van der Waals surface area (Å²) in [5, 5.41) is 18.9. The number of hydrogen-bond donors (Lipinski definition) is 4. The lowest BCUT2D eigenvalue weighted by Gasteiger charge is -2.02. The summed E-state index contributed by atoms with van der Waals surface area (Å²) < 4.78 is 13.6. The Morgan fingerprint density at radius 1 is 1.33 bits per heavy atom. The van der Waals surface area contributed by atoms with Gasteiger partial charge in [0.05, 0.1) is 5.52 Å². The van der Waals surface area contributed by atoms with Gasteiger partial charge in [0.2, 0.25) is 0 Å². The number of hydrogen-bond acceptors (Lipinski definition) is 3. The van der Waals surface area contributed by atoms with Gasteiger partial charge >= 0.3 is 0 Å². The van der Waals surface area contributed by atoms with Crippen LogP contribution < -0.4 is 5.73 Å². The van der Waals surface area contributed by atoms with E-state index in [1.165, 1.54) is 0 Å². The second kappa shape index (κ2) is 3.43. The average Bonchev–Trinajstić information content (AvgIpc) is 2.60. The predicted octanol–water partition coefficient (Wildman–Crippen LogP) is 1.22. The third kappa shape index (κ3) is 1.41. The summed E-state index contributed by atoms with van der Waals surface area (Å²) in [4.78, 5) is 2.75. The van der Waals surface area contributed by atoms with Crippen LogP contribution in [0.25, 0.3) is 10.9 Å². The topological polar surface area (TPSA) is 82.3 Å². The minimum Gasteiger partial charge on any atom is -0.506 e. The van der Waals surface area contributed by atoms with Crippen LogP contribution in [-0.2, 0) is 6.42 Å². The molecular weight excluding hydrogens is 199 g/mol. The molecular formula is C10H11FN2O2. The molecule has 1 aromatic carbocycles. The molecule has 0 amide bonds. The summed E-state index contributed by atoms with van der Waals surface area (Å²) in [7, 11) is 0. The highest BCUT2D eigenvalue weighted by Crippen LogP contribution is 2.34. The molecule has 0 spiro atoms. The molecule has 0 aliphatic rings. The first-order valence-corrected chi connectivity index (χ1v) is 4.55. The van der Waals surface area contributed by atoms with E-state index in [-0.39, 0.29) is 16.7 Å². The van der Waals surface area contributed by atoms with Crippen LogP contribution in [0.3, 0.4) is 0 Å². The molecule has 0 aliphatic carbocycles. The fourth-order valence-electron chi connectivity index (χ4n) is 1.66. The van der Waals surface area contributed by atoms with Gasteiger partial charge in [0.1, 0.15) is 5.75 Å². The van der Waals surface area contributed by atoms with Crippen molar-refractivity contribution in [1.29, 1.82) is 0 Å².